The molecule has 0 saturated heterocycles. The monoisotopic (exact) mass is 341 g/mol. The Hall–Kier alpha value is -3.47. The largest absolute Gasteiger partial charge is 0.374 e. The summed E-state index contributed by atoms with van der Waals surface area (Å²) < 4.78 is 1.96. The van der Waals surface area contributed by atoms with Gasteiger partial charge in [0.05, 0.1) is 12.6 Å². The molecule has 0 fully saturated rings. The van der Waals surface area contributed by atoms with E-state index in [4.69, 9.17) is 0 Å². The molecule has 0 bridgehead atoms. The van der Waals surface area contributed by atoms with Crippen LogP contribution in [0.15, 0.2) is 91.8 Å². The lowest BCUT2D eigenvalue weighted by Gasteiger charge is -2.21. The van der Waals surface area contributed by atoms with Crippen molar-refractivity contribution < 1.29 is 0 Å². The fourth-order valence-electron chi connectivity index (χ4n) is 3.00. The molecule has 2 heterocycles. The number of hydrogen-bond donors (Lipinski definition) is 1. The van der Waals surface area contributed by atoms with E-state index in [1.807, 2.05) is 35.2 Å². The predicted octanol–water partition coefficient (Wildman–Crippen LogP) is 3.92. The second kappa shape index (κ2) is 7.61. The zero-order valence-electron chi connectivity index (χ0n) is 14.2. The summed E-state index contributed by atoms with van der Waals surface area (Å²) in [5, 5.41) is 11.4. The van der Waals surface area contributed by atoms with Gasteiger partial charge in [0.2, 0.25) is 0 Å². The van der Waals surface area contributed by atoms with Crippen LogP contribution in [-0.2, 0) is 6.54 Å². The second-order valence-electron chi connectivity index (χ2n) is 6.10. The van der Waals surface area contributed by atoms with Gasteiger partial charge in [0.15, 0.2) is 0 Å². The first-order valence-electron chi connectivity index (χ1n) is 8.51. The second-order valence-corrected chi connectivity index (χ2v) is 6.10. The number of aromatic nitrogens is 4. The highest BCUT2D eigenvalue weighted by molar-refractivity contribution is 5.50. The molecule has 128 valence electrons. The summed E-state index contributed by atoms with van der Waals surface area (Å²) in [5.41, 5.74) is 4.65. The van der Waals surface area contributed by atoms with Crippen molar-refractivity contribution in [1.82, 2.24) is 19.7 Å². The molecule has 2 aromatic heterocycles. The van der Waals surface area contributed by atoms with E-state index in [-0.39, 0.29) is 6.04 Å². The third-order valence-corrected chi connectivity index (χ3v) is 4.24. The molecule has 1 atom stereocenters. The van der Waals surface area contributed by atoms with E-state index in [9.17, 15) is 0 Å². The summed E-state index contributed by atoms with van der Waals surface area (Å²) >= 11 is 0. The summed E-state index contributed by atoms with van der Waals surface area (Å²) in [6.07, 6.45) is 7.11. The van der Waals surface area contributed by atoms with Gasteiger partial charge in [-0.05, 0) is 41.0 Å². The summed E-state index contributed by atoms with van der Waals surface area (Å²) in [6, 6.07) is 23.0. The van der Waals surface area contributed by atoms with Crippen LogP contribution in [0, 0.1) is 0 Å². The van der Waals surface area contributed by atoms with Crippen molar-refractivity contribution >= 4 is 5.69 Å². The maximum absolute atomic E-state index is 4.14. The molecule has 0 saturated carbocycles. The molecule has 0 aliphatic rings. The van der Waals surface area contributed by atoms with Crippen molar-refractivity contribution in [3.05, 3.63) is 108 Å². The van der Waals surface area contributed by atoms with Gasteiger partial charge in [0, 0.05) is 18.1 Å². The Labute approximate surface area is 152 Å². The van der Waals surface area contributed by atoms with Gasteiger partial charge >= 0.3 is 0 Å². The lowest BCUT2D eigenvalue weighted by molar-refractivity contribution is 0.794. The zero-order valence-corrected chi connectivity index (χ0v) is 14.2. The van der Waals surface area contributed by atoms with Gasteiger partial charge in [-0.1, -0.05) is 42.5 Å². The lowest BCUT2D eigenvalue weighted by Crippen LogP contribution is -2.12. The van der Waals surface area contributed by atoms with Crippen molar-refractivity contribution in [1.29, 1.82) is 0 Å². The zero-order chi connectivity index (χ0) is 17.6. The molecule has 5 nitrogen and oxygen atoms in total. The number of rotatable bonds is 6. The fraction of sp³-hybridized carbons (Fsp3) is 0.0952. The topological polar surface area (TPSA) is 55.6 Å². The standard InChI is InChI=1S/C21H19N5/c1-2-6-18(7-3-1)21(19-9-11-22-12-10-19)25-20-8-4-5-17(13-20)14-26-15-23-24-16-26/h1-13,15-16,21,25H,14H2/t21-/m1/s1. The number of pyridine rings is 1. The summed E-state index contributed by atoms with van der Waals surface area (Å²) in [6.45, 7) is 0.744. The number of nitrogens with one attached hydrogen (secondary N) is 1. The van der Waals surface area contributed by atoms with Crippen LogP contribution in [0.5, 0.6) is 0 Å². The first-order valence-corrected chi connectivity index (χ1v) is 8.51. The third-order valence-electron chi connectivity index (χ3n) is 4.24. The van der Waals surface area contributed by atoms with Crippen molar-refractivity contribution in [2.45, 2.75) is 12.6 Å². The molecule has 0 spiro atoms. The maximum atomic E-state index is 4.14. The number of hydrogen-bond acceptors (Lipinski definition) is 4. The van der Waals surface area contributed by atoms with Gasteiger partial charge in [-0.3, -0.25) is 4.98 Å². The number of anilines is 1. The SMILES string of the molecule is c1ccc([C@@H](Nc2cccc(Cn3cnnc3)c2)c2ccncc2)cc1. The summed E-state index contributed by atoms with van der Waals surface area (Å²) in [7, 11) is 0. The lowest BCUT2D eigenvalue weighted by atomic mass is 9.99. The van der Waals surface area contributed by atoms with Gasteiger partial charge in [0.25, 0.3) is 0 Å². The van der Waals surface area contributed by atoms with E-state index in [2.05, 4.69) is 69.0 Å². The highest BCUT2D eigenvalue weighted by Gasteiger charge is 2.13. The van der Waals surface area contributed by atoms with Crippen molar-refractivity contribution in [2.24, 2.45) is 0 Å². The molecular formula is C21H19N5. The Morgan fingerprint density at radius 2 is 1.54 bits per heavy atom. The molecule has 2 aromatic carbocycles. The van der Waals surface area contributed by atoms with E-state index in [0.29, 0.717) is 0 Å². The van der Waals surface area contributed by atoms with E-state index in [1.165, 1.54) is 16.7 Å². The molecule has 5 heteroatoms. The van der Waals surface area contributed by atoms with Crippen molar-refractivity contribution in [3.8, 4) is 0 Å². The Bertz CT molecular complexity index is 897. The van der Waals surface area contributed by atoms with Crippen molar-refractivity contribution in [2.75, 3.05) is 5.32 Å². The van der Waals surface area contributed by atoms with Crippen LogP contribution in [0.4, 0.5) is 5.69 Å². The molecule has 4 aromatic rings. The Morgan fingerprint density at radius 3 is 2.31 bits per heavy atom. The summed E-state index contributed by atoms with van der Waals surface area (Å²) in [5.74, 6) is 0. The molecule has 26 heavy (non-hydrogen) atoms. The molecule has 4 rings (SSSR count). The van der Waals surface area contributed by atoms with Gasteiger partial charge in [0.1, 0.15) is 12.7 Å². The van der Waals surface area contributed by atoms with Crippen LogP contribution in [-0.4, -0.2) is 19.7 Å². The van der Waals surface area contributed by atoms with Crippen LogP contribution in [0.3, 0.4) is 0 Å². The summed E-state index contributed by atoms with van der Waals surface area (Å²) in [4.78, 5) is 4.14. The molecule has 1 N–H and O–H groups in total. The van der Waals surface area contributed by atoms with Crippen LogP contribution >= 0.6 is 0 Å². The van der Waals surface area contributed by atoms with Crippen LogP contribution in [0.25, 0.3) is 0 Å². The number of nitrogens with zero attached hydrogens (tertiary/aromatic N) is 4. The Morgan fingerprint density at radius 1 is 0.808 bits per heavy atom. The highest BCUT2D eigenvalue weighted by Crippen LogP contribution is 2.26. The average Bonchev–Trinajstić information content (AvgIpc) is 3.21. The molecule has 0 aliphatic carbocycles. The quantitative estimate of drug-likeness (QED) is 0.577. The third kappa shape index (κ3) is 3.78. The van der Waals surface area contributed by atoms with Gasteiger partial charge < -0.3 is 9.88 Å². The van der Waals surface area contributed by atoms with Gasteiger partial charge in [-0.2, -0.15) is 0 Å². The minimum Gasteiger partial charge on any atom is -0.374 e. The first kappa shape index (κ1) is 16.0. The van der Waals surface area contributed by atoms with Crippen LogP contribution in [0.2, 0.25) is 0 Å². The normalized spacial score (nSPS) is 11.8. The molecular weight excluding hydrogens is 322 g/mol. The van der Waals surface area contributed by atoms with Crippen molar-refractivity contribution in [3.63, 3.8) is 0 Å². The Balaban J connectivity index is 1.62. The van der Waals surface area contributed by atoms with E-state index < -0.39 is 0 Å². The molecule has 0 aliphatic heterocycles. The molecule has 0 amide bonds. The first-order chi connectivity index (χ1) is 12.9. The van der Waals surface area contributed by atoms with Gasteiger partial charge in [-0.15, -0.1) is 10.2 Å². The smallest absolute Gasteiger partial charge is 0.119 e. The average molecular weight is 341 g/mol. The minimum absolute atomic E-state index is 0.0596. The van der Waals surface area contributed by atoms with E-state index in [0.717, 1.165) is 12.2 Å². The number of benzene rings is 2. The van der Waals surface area contributed by atoms with E-state index >= 15 is 0 Å². The molecule has 0 unspecified atom stereocenters. The van der Waals surface area contributed by atoms with Crippen LogP contribution < -0.4 is 5.32 Å². The highest BCUT2D eigenvalue weighted by atomic mass is 15.2. The molecule has 0 radical (unpaired) electrons. The van der Waals surface area contributed by atoms with Gasteiger partial charge in [-0.25, -0.2) is 0 Å². The predicted molar refractivity (Wildman–Crippen MR) is 102 cm³/mol. The maximum Gasteiger partial charge on any atom is 0.119 e. The Kier molecular flexibility index (Phi) is 4.69. The van der Waals surface area contributed by atoms with Crippen LogP contribution in [0.1, 0.15) is 22.7 Å². The van der Waals surface area contributed by atoms with E-state index in [1.54, 1.807) is 12.7 Å². The minimum atomic E-state index is 0.0596. The fourth-order valence-corrected chi connectivity index (χ4v) is 3.00.